The van der Waals surface area contributed by atoms with E-state index >= 15 is 0 Å². The monoisotopic (exact) mass is 440 g/mol. The van der Waals surface area contributed by atoms with Gasteiger partial charge >= 0.3 is 6.03 Å². The minimum absolute atomic E-state index is 0.0580. The van der Waals surface area contributed by atoms with E-state index in [2.05, 4.69) is 53.1 Å². The highest BCUT2D eigenvalue weighted by Crippen LogP contribution is 2.37. The third-order valence-corrected chi connectivity index (χ3v) is 4.33. The van der Waals surface area contributed by atoms with Crippen LogP contribution in [0.2, 0.25) is 0 Å². The number of anilines is 1. The summed E-state index contributed by atoms with van der Waals surface area (Å²) in [6.45, 7) is 0.230. The number of alkyl halides is 1. The zero-order chi connectivity index (χ0) is 13.4. The second kappa shape index (κ2) is 5.18. The number of halogens is 3. The van der Waals surface area contributed by atoms with Gasteiger partial charge in [-0.3, -0.25) is 15.0 Å². The van der Waals surface area contributed by atoms with Crippen molar-refractivity contribution in [2.24, 2.45) is 0 Å². The molecule has 2 N–H and O–H groups in total. The second-order valence-electron chi connectivity index (χ2n) is 3.63. The van der Waals surface area contributed by atoms with E-state index < -0.39 is 10.9 Å². The van der Waals surface area contributed by atoms with Gasteiger partial charge in [-0.2, -0.15) is 0 Å². The Labute approximate surface area is 128 Å². The van der Waals surface area contributed by atoms with Crippen LogP contribution in [-0.2, 0) is 4.79 Å². The van der Waals surface area contributed by atoms with E-state index in [-0.39, 0.29) is 18.2 Å². The summed E-state index contributed by atoms with van der Waals surface area (Å²) in [5, 5.41) is 11.9. The fraction of sp³-hybridized carbons (Fsp3) is 0.200. The summed E-state index contributed by atoms with van der Waals surface area (Å²) in [5.41, 5.74) is 0.570. The summed E-state index contributed by atoms with van der Waals surface area (Å²) < 4.78 is 0.922. The maximum atomic E-state index is 11.7. The van der Waals surface area contributed by atoms with Gasteiger partial charge in [-0.1, -0.05) is 15.9 Å². The Balaban J connectivity index is 2.37. The van der Waals surface area contributed by atoms with E-state index in [4.69, 9.17) is 0 Å². The first-order chi connectivity index (χ1) is 8.40. The first-order valence-electron chi connectivity index (χ1n) is 4.84. The molecule has 0 radical (unpaired) electrons. The third-order valence-electron chi connectivity index (χ3n) is 2.42. The predicted octanol–water partition coefficient (Wildman–Crippen LogP) is 2.74. The molecule has 5 nitrogen and oxygen atoms in total. The molecule has 18 heavy (non-hydrogen) atoms. The van der Waals surface area contributed by atoms with Gasteiger partial charge in [0.2, 0.25) is 5.91 Å². The molecule has 1 aromatic carbocycles. The molecule has 1 heterocycles. The number of nitrogens with zero attached hydrogens (tertiary/aromatic N) is 1. The molecule has 0 saturated carbocycles. The lowest BCUT2D eigenvalue weighted by atomic mass is 10.2. The van der Waals surface area contributed by atoms with E-state index in [0.29, 0.717) is 14.6 Å². The van der Waals surface area contributed by atoms with Gasteiger partial charge in [0.15, 0.2) is 0 Å². The van der Waals surface area contributed by atoms with Crippen molar-refractivity contribution in [2.45, 2.75) is 4.83 Å². The molecule has 1 unspecified atom stereocenters. The second-order valence-corrected chi connectivity index (χ2v) is 6.44. The van der Waals surface area contributed by atoms with Crippen LogP contribution in [0, 0.1) is 0 Å². The third kappa shape index (κ3) is 2.55. The Morgan fingerprint density at radius 3 is 2.39 bits per heavy atom. The number of hydrogen-bond acceptors (Lipinski definition) is 3. The number of phenols is 1. The summed E-state index contributed by atoms with van der Waals surface area (Å²) in [6, 6.07) is 2.73. The lowest BCUT2D eigenvalue weighted by Gasteiger charge is -2.29. The molecule has 3 amide bonds. The highest BCUT2D eigenvalue weighted by molar-refractivity contribution is 9.11. The van der Waals surface area contributed by atoms with Crippen LogP contribution in [0.15, 0.2) is 21.1 Å². The fourth-order valence-electron chi connectivity index (χ4n) is 1.51. The normalized spacial score (nSPS) is 19.9. The number of benzene rings is 1. The molecular formula is C10H7Br3N2O3. The summed E-state index contributed by atoms with van der Waals surface area (Å²) in [7, 11) is 0. The van der Waals surface area contributed by atoms with Crippen LogP contribution in [0.4, 0.5) is 10.5 Å². The molecular weight excluding hydrogens is 436 g/mol. The Bertz CT molecular complexity index is 512. The molecule has 0 spiro atoms. The van der Waals surface area contributed by atoms with Crippen molar-refractivity contribution in [1.82, 2.24) is 5.32 Å². The highest BCUT2D eigenvalue weighted by atomic mass is 79.9. The number of imide groups is 1. The predicted molar refractivity (Wildman–Crippen MR) is 77.1 cm³/mol. The molecule has 8 heteroatoms. The summed E-state index contributed by atoms with van der Waals surface area (Å²) in [5.74, 6) is -0.296. The van der Waals surface area contributed by atoms with Gasteiger partial charge in [0.1, 0.15) is 10.6 Å². The van der Waals surface area contributed by atoms with Gasteiger partial charge in [-0.05, 0) is 44.0 Å². The van der Waals surface area contributed by atoms with Gasteiger partial charge in [0.25, 0.3) is 0 Å². The number of phenolic OH excluding ortho intramolecular Hbond substituents is 1. The van der Waals surface area contributed by atoms with E-state index in [9.17, 15) is 14.7 Å². The quantitative estimate of drug-likeness (QED) is 0.657. The first kappa shape index (κ1) is 13.8. The van der Waals surface area contributed by atoms with Gasteiger partial charge < -0.3 is 5.11 Å². The number of carbonyl (C=O) groups is 2. The van der Waals surface area contributed by atoms with Gasteiger partial charge in [-0.15, -0.1) is 0 Å². The van der Waals surface area contributed by atoms with E-state index in [1.54, 1.807) is 12.1 Å². The fourth-order valence-corrected chi connectivity index (χ4v) is 3.07. The minimum Gasteiger partial charge on any atom is -0.506 e. The average molecular weight is 443 g/mol. The Hall–Kier alpha value is -0.600. The van der Waals surface area contributed by atoms with E-state index in [0.717, 1.165) is 0 Å². The topological polar surface area (TPSA) is 69.6 Å². The number of urea groups is 1. The number of rotatable bonds is 1. The maximum Gasteiger partial charge on any atom is 0.328 e. The van der Waals surface area contributed by atoms with Crippen molar-refractivity contribution in [1.29, 1.82) is 0 Å². The van der Waals surface area contributed by atoms with Crippen LogP contribution < -0.4 is 10.2 Å². The number of nitrogens with one attached hydrogen (secondary N) is 1. The summed E-state index contributed by atoms with van der Waals surface area (Å²) >= 11 is 9.58. The van der Waals surface area contributed by atoms with Crippen molar-refractivity contribution >= 4 is 65.4 Å². The largest absolute Gasteiger partial charge is 0.506 e. The SMILES string of the molecule is O=C1NC(=O)N(c2cc(Br)c(O)c(Br)c2)CC1Br. The maximum absolute atomic E-state index is 11.7. The van der Waals surface area contributed by atoms with Crippen molar-refractivity contribution in [3.05, 3.63) is 21.1 Å². The zero-order valence-corrected chi connectivity index (χ0v) is 13.5. The number of amides is 3. The highest BCUT2D eigenvalue weighted by Gasteiger charge is 2.31. The molecule has 1 saturated heterocycles. The zero-order valence-electron chi connectivity index (χ0n) is 8.78. The molecule has 0 aromatic heterocycles. The van der Waals surface area contributed by atoms with Crippen molar-refractivity contribution in [3.8, 4) is 5.75 Å². The minimum atomic E-state index is -0.486. The molecule has 1 atom stereocenters. The van der Waals surface area contributed by atoms with Crippen LogP contribution in [0.1, 0.15) is 0 Å². The average Bonchev–Trinajstić information content (AvgIpc) is 2.30. The first-order valence-corrected chi connectivity index (χ1v) is 7.34. The Morgan fingerprint density at radius 1 is 1.28 bits per heavy atom. The summed E-state index contributed by atoms with van der Waals surface area (Å²) in [6.07, 6.45) is 0. The number of carbonyl (C=O) groups excluding carboxylic acids is 2. The molecule has 1 aliphatic heterocycles. The molecule has 1 aliphatic rings. The van der Waals surface area contributed by atoms with Gasteiger partial charge in [0.05, 0.1) is 8.95 Å². The molecule has 0 bridgehead atoms. The Kier molecular flexibility index (Phi) is 3.98. The molecule has 96 valence electrons. The number of hydrogen-bond donors (Lipinski definition) is 2. The number of aromatic hydroxyl groups is 1. The smallest absolute Gasteiger partial charge is 0.328 e. The van der Waals surface area contributed by atoms with Crippen molar-refractivity contribution in [3.63, 3.8) is 0 Å². The van der Waals surface area contributed by atoms with Crippen LogP contribution >= 0.6 is 47.8 Å². The van der Waals surface area contributed by atoms with Crippen LogP contribution in [0.3, 0.4) is 0 Å². The van der Waals surface area contributed by atoms with E-state index in [1.807, 2.05) is 0 Å². The van der Waals surface area contributed by atoms with Crippen molar-refractivity contribution in [2.75, 3.05) is 11.4 Å². The lowest BCUT2D eigenvalue weighted by Crippen LogP contribution is -2.55. The van der Waals surface area contributed by atoms with Crippen LogP contribution in [0.5, 0.6) is 5.75 Å². The van der Waals surface area contributed by atoms with E-state index in [1.165, 1.54) is 4.90 Å². The molecule has 1 fully saturated rings. The van der Waals surface area contributed by atoms with Gasteiger partial charge in [0, 0.05) is 12.2 Å². The Morgan fingerprint density at radius 2 is 1.83 bits per heavy atom. The molecule has 0 aliphatic carbocycles. The van der Waals surface area contributed by atoms with Gasteiger partial charge in [-0.25, -0.2) is 4.79 Å². The standard InChI is InChI=1S/C10H7Br3N2O3/c11-5-1-4(2-6(12)8(5)16)15-3-7(13)9(17)14-10(15)18/h1-2,7,16H,3H2,(H,14,17,18). The van der Waals surface area contributed by atoms with Crippen LogP contribution in [0.25, 0.3) is 0 Å². The molecule has 1 aromatic rings. The lowest BCUT2D eigenvalue weighted by molar-refractivity contribution is -0.119. The molecule has 2 rings (SSSR count). The summed E-state index contributed by atoms with van der Waals surface area (Å²) in [4.78, 5) is 24.0. The van der Waals surface area contributed by atoms with Crippen molar-refractivity contribution < 1.29 is 14.7 Å². The van der Waals surface area contributed by atoms with Crippen LogP contribution in [-0.4, -0.2) is 28.4 Å².